The third kappa shape index (κ3) is 12.7. The Bertz CT molecular complexity index is 1530. The number of fused-ring (bicyclic) bond motifs is 10. The van der Waals surface area contributed by atoms with Gasteiger partial charge in [0.1, 0.15) is 11.9 Å². The number of pyridine rings is 2. The second-order valence-electron chi connectivity index (χ2n) is 9.75. The van der Waals surface area contributed by atoms with E-state index in [9.17, 15) is 26.3 Å². The van der Waals surface area contributed by atoms with Crippen LogP contribution in [0, 0.1) is 0 Å². The summed E-state index contributed by atoms with van der Waals surface area (Å²) in [5.74, 6) is -6.01. The molecule has 10 nitrogen and oxygen atoms in total. The number of nitrogens with one attached hydrogen (secondary N) is 2. The van der Waals surface area contributed by atoms with Crippen molar-refractivity contribution in [2.75, 3.05) is 30.8 Å². The molecule has 0 unspecified atom stereocenters. The lowest BCUT2D eigenvalue weighted by molar-refractivity contribution is -0.665. The number of nitrogens with zero attached hydrogens (tertiary/aromatic N) is 2. The van der Waals surface area contributed by atoms with Crippen LogP contribution in [0.25, 0.3) is 21.8 Å². The zero-order chi connectivity index (χ0) is 35.0. The smallest absolute Gasteiger partial charge is 0.430 e. The highest BCUT2D eigenvalue weighted by atomic mass is 19.4. The maximum absolute atomic E-state index is 10.5. The number of allylic oxidation sites excluding steroid dienone is 2. The van der Waals surface area contributed by atoms with Gasteiger partial charge in [-0.15, -0.1) is 0 Å². The molecule has 16 heteroatoms. The zero-order valence-corrected chi connectivity index (χ0v) is 25.8. The molecule has 48 heavy (non-hydrogen) atoms. The Morgan fingerprint density at radius 1 is 0.646 bits per heavy atom. The molecular weight excluding hydrogens is 650 g/mol. The molecule has 2 aliphatic heterocycles. The first-order valence-electron chi connectivity index (χ1n) is 14.2. The summed E-state index contributed by atoms with van der Waals surface area (Å²) in [5.41, 5.74) is 4.99. The standard InChI is InChI=1S/C27H28N4.2C2HF3O2.CH4O.H2O/c1-6-16-28-24-14-20-30(26-12-4-2-10-22(24)26)18-8-9-19-31-21-15-25(29-17-7-1)23-11-3-5-13-27(23)31;2*3-2(4,5)1(6)7;1-2;/h2-5,8-15,20-21H,1,6-7,16-19H2;2*(H,6,7);2H,1H3;1H2/b9-8-,28-24?,29-25?;;;;. The van der Waals surface area contributed by atoms with Crippen molar-refractivity contribution >= 4 is 45.1 Å². The number of hydrogen-bond donors (Lipinski definition) is 3. The molecule has 6 rings (SSSR count). The van der Waals surface area contributed by atoms with Crippen LogP contribution in [0.15, 0.2) is 85.2 Å². The van der Waals surface area contributed by atoms with Gasteiger partial charge in [0.25, 0.3) is 0 Å². The van der Waals surface area contributed by atoms with Gasteiger partial charge in [-0.05, 0) is 43.5 Å². The molecule has 0 fully saturated rings. The fourth-order valence-electron chi connectivity index (χ4n) is 4.45. The molecule has 0 atom stereocenters. The van der Waals surface area contributed by atoms with Crippen LogP contribution in [0.5, 0.6) is 0 Å². The van der Waals surface area contributed by atoms with E-state index in [0.29, 0.717) is 0 Å². The molecule has 2 aliphatic rings. The Morgan fingerprint density at radius 2 is 0.979 bits per heavy atom. The number of carboxylic acids is 2. The zero-order valence-electron chi connectivity index (χ0n) is 25.8. The first-order valence-corrected chi connectivity index (χ1v) is 14.2. The molecule has 0 radical (unpaired) electrons. The number of halogens is 6. The van der Waals surface area contributed by atoms with Gasteiger partial charge in [0.05, 0.1) is 22.1 Å². The third-order valence-corrected chi connectivity index (χ3v) is 6.57. The first-order chi connectivity index (χ1) is 22.3. The van der Waals surface area contributed by atoms with Crippen molar-refractivity contribution in [3.05, 3.63) is 85.2 Å². The van der Waals surface area contributed by atoms with Gasteiger partial charge in [-0.25, -0.2) is 0 Å². The number of aromatic nitrogens is 2. The number of carbonyl (C=O) groups excluding carboxylic acids is 2. The van der Waals surface area contributed by atoms with Gasteiger partial charge in [-0.1, -0.05) is 24.3 Å². The maximum Gasteiger partial charge on any atom is 0.430 e. The molecule has 4 aromatic rings. The normalized spacial score (nSPS) is 13.9. The van der Waals surface area contributed by atoms with Crippen molar-refractivity contribution in [3.8, 4) is 0 Å². The van der Waals surface area contributed by atoms with E-state index in [0.717, 1.165) is 33.3 Å². The van der Waals surface area contributed by atoms with Crippen molar-refractivity contribution in [3.63, 3.8) is 0 Å². The molecule has 0 aliphatic carbocycles. The van der Waals surface area contributed by atoms with Gasteiger partial charge in [0.2, 0.25) is 11.0 Å². The average molecular weight is 687 g/mol. The SMILES string of the molecule is C1=C\C[n+]2ccc(c3ccccc32)NCCCCCNc2cc[n+](c3ccccc23)C/1.CO.O.O=C([O-])C(F)(F)F.O=C([O-])C(F)(F)F. The number of benzene rings is 2. The highest BCUT2D eigenvalue weighted by Gasteiger charge is 2.29. The number of aliphatic hydroxyl groups excluding tert-OH is 1. The Morgan fingerprint density at radius 3 is 1.31 bits per heavy atom. The number of para-hydroxylation sites is 2. The summed E-state index contributed by atoms with van der Waals surface area (Å²) < 4.78 is 67.7. The number of carbonyl (C=O) groups is 2. The highest BCUT2D eigenvalue weighted by Crippen LogP contribution is 2.22. The molecule has 4 heterocycles. The van der Waals surface area contributed by atoms with Crippen molar-refractivity contribution in [1.82, 2.24) is 0 Å². The molecule has 2 aromatic heterocycles. The van der Waals surface area contributed by atoms with Gasteiger partial charge in [0, 0.05) is 44.5 Å². The lowest BCUT2D eigenvalue weighted by Gasteiger charge is -2.10. The maximum atomic E-state index is 10.5. The van der Waals surface area contributed by atoms with Crippen LogP contribution >= 0.6 is 0 Å². The molecule has 0 saturated heterocycles. The Hall–Kier alpha value is -4.96. The van der Waals surface area contributed by atoms with Gasteiger partial charge in [0.15, 0.2) is 25.5 Å². The number of aliphatic carboxylic acids is 2. The van der Waals surface area contributed by atoms with Crippen LogP contribution in [0.1, 0.15) is 19.3 Å². The topological polar surface area (TPSA) is 164 Å². The number of rotatable bonds is 0. The molecule has 0 amide bonds. The van der Waals surface area contributed by atoms with Crippen LogP contribution < -0.4 is 30.0 Å². The Kier molecular flexibility index (Phi) is 16.8. The third-order valence-electron chi connectivity index (χ3n) is 6.57. The fraction of sp³-hybridized carbons (Fsp3) is 0.312. The molecular formula is C32H36F6N4O6. The van der Waals surface area contributed by atoms with Gasteiger partial charge in [-0.3, -0.25) is 0 Å². The second-order valence-corrected chi connectivity index (χ2v) is 9.75. The number of aliphatic hydroxyl groups is 1. The van der Waals surface area contributed by atoms with E-state index in [1.807, 2.05) is 0 Å². The van der Waals surface area contributed by atoms with E-state index in [1.54, 1.807) is 0 Å². The number of carboxylic acid groups (broad SMARTS) is 2. The van der Waals surface area contributed by atoms with Crippen molar-refractivity contribution in [2.24, 2.45) is 0 Å². The Labute approximate surface area is 271 Å². The molecule has 0 spiro atoms. The average Bonchev–Trinajstić information content (AvgIpc) is 3.04. The second kappa shape index (κ2) is 19.6. The van der Waals surface area contributed by atoms with Crippen LogP contribution in [-0.2, 0) is 22.7 Å². The van der Waals surface area contributed by atoms with Gasteiger partial charge in [-0.2, -0.15) is 35.5 Å². The lowest BCUT2D eigenvalue weighted by Crippen LogP contribution is -2.37. The molecule has 0 saturated carbocycles. The fourth-order valence-corrected chi connectivity index (χ4v) is 4.45. The molecule has 2 aromatic carbocycles. The number of alkyl halides is 6. The van der Waals surface area contributed by atoms with E-state index < -0.39 is 24.3 Å². The van der Waals surface area contributed by atoms with Crippen LogP contribution in [0.3, 0.4) is 0 Å². The van der Waals surface area contributed by atoms with Crippen molar-refractivity contribution in [1.29, 1.82) is 0 Å². The first kappa shape index (κ1) is 41.1. The summed E-state index contributed by atoms with van der Waals surface area (Å²) in [4.78, 5) is 17.6. The van der Waals surface area contributed by atoms with Crippen LogP contribution in [-0.4, -0.2) is 55.1 Å². The molecule has 262 valence electrons. The van der Waals surface area contributed by atoms with Gasteiger partial charge < -0.3 is 41.0 Å². The van der Waals surface area contributed by atoms with Gasteiger partial charge >= 0.3 is 12.4 Å². The summed E-state index contributed by atoms with van der Waals surface area (Å²) in [6.07, 6.45) is 2.09. The van der Waals surface area contributed by atoms with Crippen molar-refractivity contribution < 1.29 is 65.9 Å². The Balaban J connectivity index is 0.000000570. The molecule has 5 N–H and O–H groups in total. The monoisotopic (exact) mass is 686 g/mol. The minimum Gasteiger partial charge on any atom is -0.542 e. The minimum atomic E-state index is -5.19. The number of anilines is 2. The number of hydrogen-bond acceptors (Lipinski definition) is 7. The highest BCUT2D eigenvalue weighted by molar-refractivity contribution is 5.89. The largest absolute Gasteiger partial charge is 0.542 e. The predicted octanol–water partition coefficient (Wildman–Crippen LogP) is 2.21. The van der Waals surface area contributed by atoms with E-state index >= 15 is 0 Å². The lowest BCUT2D eigenvalue weighted by atomic mass is 10.1. The summed E-state index contributed by atoms with van der Waals surface area (Å²) in [6, 6.07) is 21.8. The quantitative estimate of drug-likeness (QED) is 0.145. The summed E-state index contributed by atoms with van der Waals surface area (Å²) >= 11 is 0. The summed E-state index contributed by atoms with van der Waals surface area (Å²) in [6.45, 7) is 3.72. The van der Waals surface area contributed by atoms with Crippen LogP contribution in [0.4, 0.5) is 37.7 Å². The minimum absolute atomic E-state index is 0. The summed E-state index contributed by atoms with van der Waals surface area (Å²) in [7, 11) is 1.00. The summed E-state index contributed by atoms with van der Waals surface area (Å²) in [5, 5.41) is 34.5. The van der Waals surface area contributed by atoms with Crippen LogP contribution in [0.2, 0.25) is 0 Å². The predicted molar refractivity (Wildman–Crippen MR) is 162 cm³/mol. The molecule has 4 bridgehead atoms. The van der Waals surface area contributed by atoms with Crippen molar-refractivity contribution in [2.45, 2.75) is 44.7 Å². The van der Waals surface area contributed by atoms with E-state index in [-0.39, 0.29) is 5.48 Å². The van der Waals surface area contributed by atoms with E-state index in [2.05, 4.69) is 105 Å². The van der Waals surface area contributed by atoms with E-state index in [1.165, 1.54) is 52.4 Å². The van der Waals surface area contributed by atoms with E-state index in [4.69, 9.17) is 24.9 Å².